The molecular weight excluding hydrogens is 610 g/mol. The Morgan fingerprint density at radius 3 is 2.46 bits per heavy atom. The Bertz CT molecular complexity index is 1550. The van der Waals surface area contributed by atoms with E-state index in [0.717, 1.165) is 0 Å². The minimum absolute atomic E-state index is 0.0941. The summed E-state index contributed by atoms with van der Waals surface area (Å²) in [6, 6.07) is 14.5. The summed E-state index contributed by atoms with van der Waals surface area (Å²) in [5, 5.41) is 10.2. The fourth-order valence-corrected chi connectivity index (χ4v) is 7.35. The molecule has 2 saturated heterocycles. The number of aliphatic hydroxyl groups is 1. The average molecular weight is 648 g/mol. The van der Waals surface area contributed by atoms with Crippen LogP contribution < -0.4 is 4.90 Å². The fraction of sp³-hybridized carbons (Fsp3) is 0.429. The standard InChI is InChI=1S/C35H38ClN3O7/c1-22-30(23-10-4-3-5-11-23)45-34(44)28-26(12-6-7-13-27(41)37(22)2)46-35-18-8-19-38(25-16-14-24(36)15-17-25)33(43)31(35)39(20-9-21-40)32(42)29(28)35/h3-6,8,10-12,14-18,22,26,28-31,40H,7,9,13,19-21H2,1-2H3/b12-6-/t22-,26-,28+,29+,30+,31-,35+/m1/s1. The van der Waals surface area contributed by atoms with E-state index in [2.05, 4.69) is 0 Å². The molecule has 1 spiro atoms. The van der Waals surface area contributed by atoms with E-state index in [1.807, 2.05) is 37.3 Å². The van der Waals surface area contributed by atoms with Gasteiger partial charge in [-0.2, -0.15) is 0 Å². The Hall–Kier alpha value is -3.99. The number of esters is 1. The maximum absolute atomic E-state index is 14.5. The molecule has 3 amide bonds. The zero-order valence-corrected chi connectivity index (χ0v) is 26.6. The van der Waals surface area contributed by atoms with Crippen LogP contribution in [0.3, 0.4) is 0 Å². The van der Waals surface area contributed by atoms with Crippen molar-refractivity contribution in [3.63, 3.8) is 0 Å². The molecule has 0 unspecified atom stereocenters. The van der Waals surface area contributed by atoms with Crippen molar-refractivity contribution in [2.24, 2.45) is 11.8 Å². The van der Waals surface area contributed by atoms with Gasteiger partial charge in [-0.05, 0) is 49.6 Å². The average Bonchev–Trinajstić information content (AvgIpc) is 3.44. The molecule has 4 heterocycles. The van der Waals surface area contributed by atoms with E-state index >= 15 is 0 Å². The number of amides is 3. The van der Waals surface area contributed by atoms with Gasteiger partial charge in [0.25, 0.3) is 5.91 Å². The Balaban J connectivity index is 1.44. The molecule has 46 heavy (non-hydrogen) atoms. The minimum atomic E-state index is -1.47. The first-order valence-corrected chi connectivity index (χ1v) is 16.1. The topological polar surface area (TPSA) is 117 Å². The van der Waals surface area contributed by atoms with E-state index in [9.17, 15) is 24.3 Å². The number of ether oxygens (including phenoxy) is 2. The normalized spacial score (nSPS) is 32.2. The van der Waals surface area contributed by atoms with Crippen molar-refractivity contribution in [3.8, 4) is 0 Å². The lowest BCUT2D eigenvalue weighted by Crippen LogP contribution is -2.55. The number of aliphatic hydroxyl groups excluding tert-OH is 1. The van der Waals surface area contributed by atoms with Gasteiger partial charge in [0.15, 0.2) is 0 Å². The fourth-order valence-electron chi connectivity index (χ4n) is 7.22. The van der Waals surface area contributed by atoms with Crippen LogP contribution in [0.4, 0.5) is 5.69 Å². The summed E-state index contributed by atoms with van der Waals surface area (Å²) in [5.74, 6) is -3.63. The molecule has 0 bridgehead atoms. The van der Waals surface area contributed by atoms with Gasteiger partial charge < -0.3 is 29.3 Å². The van der Waals surface area contributed by atoms with Crippen molar-refractivity contribution < 1.29 is 33.8 Å². The third kappa shape index (κ3) is 5.52. The lowest BCUT2D eigenvalue weighted by atomic mass is 9.77. The van der Waals surface area contributed by atoms with Crippen molar-refractivity contribution in [3.05, 3.63) is 89.5 Å². The summed E-state index contributed by atoms with van der Waals surface area (Å²) < 4.78 is 13.0. The number of carbonyl (C=O) groups excluding carboxylic acids is 4. The van der Waals surface area contributed by atoms with Crippen LogP contribution in [0.25, 0.3) is 0 Å². The van der Waals surface area contributed by atoms with Crippen LogP contribution in [0.5, 0.6) is 0 Å². The van der Waals surface area contributed by atoms with Gasteiger partial charge >= 0.3 is 5.97 Å². The molecule has 0 radical (unpaired) electrons. The summed E-state index contributed by atoms with van der Waals surface area (Å²) in [4.78, 5) is 61.0. The van der Waals surface area contributed by atoms with Crippen LogP contribution >= 0.6 is 11.6 Å². The van der Waals surface area contributed by atoms with Crippen LogP contribution in [0.15, 0.2) is 78.9 Å². The SMILES string of the molecule is C[C@@H]1[C@@H](c2ccccc2)OC(=O)[C@@H]2[C@H]3C(=O)N(CCCO)[C@@H]4C(=O)N(c5ccc(Cl)cc5)CC=C[C@]34O[C@@H]2/C=C\CCC(=O)N1C. The number of benzene rings is 2. The van der Waals surface area contributed by atoms with Gasteiger partial charge in [-0.1, -0.05) is 66.2 Å². The maximum atomic E-state index is 14.5. The first-order chi connectivity index (χ1) is 22.2. The Labute approximate surface area is 273 Å². The number of hydrogen-bond acceptors (Lipinski definition) is 7. The number of likely N-dealkylation sites (tertiary alicyclic amines) is 1. The molecule has 2 aromatic carbocycles. The van der Waals surface area contributed by atoms with Gasteiger partial charge in [0, 0.05) is 43.9 Å². The minimum Gasteiger partial charge on any atom is -0.455 e. The molecule has 7 atom stereocenters. The molecule has 2 aromatic rings. The van der Waals surface area contributed by atoms with Gasteiger partial charge in [-0.15, -0.1) is 0 Å². The van der Waals surface area contributed by atoms with Crippen molar-refractivity contribution in [2.75, 3.05) is 31.6 Å². The number of allylic oxidation sites excluding steroid dienone is 1. The third-order valence-electron chi connectivity index (χ3n) is 9.63. The number of cyclic esters (lactones) is 1. The molecule has 0 aliphatic carbocycles. The number of halogens is 1. The van der Waals surface area contributed by atoms with Crippen molar-refractivity contribution in [1.29, 1.82) is 0 Å². The molecule has 0 saturated carbocycles. The van der Waals surface area contributed by atoms with Gasteiger partial charge in [-0.3, -0.25) is 19.2 Å². The summed E-state index contributed by atoms with van der Waals surface area (Å²) in [5.41, 5.74) is -0.153. The number of likely N-dealkylation sites (N-methyl/N-ethyl adjacent to an activating group) is 1. The quantitative estimate of drug-likeness (QED) is 0.389. The monoisotopic (exact) mass is 647 g/mol. The number of anilines is 1. The second-order valence-corrected chi connectivity index (χ2v) is 12.7. The highest BCUT2D eigenvalue weighted by Gasteiger charge is 2.71. The van der Waals surface area contributed by atoms with Gasteiger partial charge in [0.2, 0.25) is 11.8 Å². The number of carbonyl (C=O) groups is 4. The molecule has 242 valence electrons. The summed E-state index contributed by atoms with van der Waals surface area (Å²) >= 11 is 6.12. The largest absolute Gasteiger partial charge is 0.455 e. The predicted molar refractivity (Wildman–Crippen MR) is 171 cm³/mol. The molecular formula is C35H38ClN3O7. The lowest BCUT2D eigenvalue weighted by molar-refractivity contribution is -0.164. The first-order valence-electron chi connectivity index (χ1n) is 15.7. The number of fused-ring (bicyclic) bond motifs is 2. The predicted octanol–water partition coefficient (Wildman–Crippen LogP) is 3.69. The van der Waals surface area contributed by atoms with Gasteiger partial charge in [0.1, 0.15) is 23.7 Å². The lowest BCUT2D eigenvalue weighted by Gasteiger charge is -2.35. The summed E-state index contributed by atoms with van der Waals surface area (Å²) in [6.07, 6.45) is 6.26. The van der Waals surface area contributed by atoms with E-state index in [1.165, 1.54) is 4.90 Å². The van der Waals surface area contributed by atoms with E-state index in [1.54, 1.807) is 65.4 Å². The molecule has 11 heteroatoms. The molecule has 0 aromatic heterocycles. The highest BCUT2D eigenvalue weighted by Crippen LogP contribution is 2.53. The molecule has 4 aliphatic rings. The van der Waals surface area contributed by atoms with Crippen LogP contribution in [0, 0.1) is 11.8 Å². The molecule has 2 fully saturated rings. The van der Waals surface area contributed by atoms with Crippen LogP contribution in [-0.2, 0) is 28.7 Å². The second-order valence-electron chi connectivity index (χ2n) is 12.3. The Morgan fingerprint density at radius 2 is 1.74 bits per heavy atom. The first kappa shape index (κ1) is 32.0. The Morgan fingerprint density at radius 1 is 1.00 bits per heavy atom. The third-order valence-corrected chi connectivity index (χ3v) is 9.88. The molecule has 10 nitrogen and oxygen atoms in total. The summed E-state index contributed by atoms with van der Waals surface area (Å²) in [7, 11) is 1.70. The highest BCUT2D eigenvalue weighted by molar-refractivity contribution is 6.30. The zero-order valence-electron chi connectivity index (χ0n) is 25.8. The molecule has 6 rings (SSSR count). The second kappa shape index (κ2) is 13.0. The Kier molecular flexibility index (Phi) is 9.05. The van der Waals surface area contributed by atoms with Crippen LogP contribution in [-0.4, -0.2) is 89.1 Å². The number of rotatable bonds is 5. The summed E-state index contributed by atoms with van der Waals surface area (Å²) in [6.45, 7) is 1.97. The highest BCUT2D eigenvalue weighted by atomic mass is 35.5. The van der Waals surface area contributed by atoms with E-state index in [0.29, 0.717) is 22.7 Å². The van der Waals surface area contributed by atoms with Crippen LogP contribution in [0.2, 0.25) is 5.02 Å². The van der Waals surface area contributed by atoms with Crippen molar-refractivity contribution >= 4 is 41.0 Å². The van der Waals surface area contributed by atoms with E-state index in [4.69, 9.17) is 21.1 Å². The number of hydrogen-bond donors (Lipinski definition) is 1. The molecule has 4 aliphatic heterocycles. The maximum Gasteiger partial charge on any atom is 0.313 e. The smallest absolute Gasteiger partial charge is 0.313 e. The van der Waals surface area contributed by atoms with E-state index in [-0.39, 0.29) is 44.4 Å². The van der Waals surface area contributed by atoms with E-state index < -0.39 is 53.6 Å². The number of nitrogens with zero attached hydrogens (tertiary/aromatic N) is 3. The van der Waals surface area contributed by atoms with Crippen molar-refractivity contribution in [2.45, 2.75) is 56.1 Å². The van der Waals surface area contributed by atoms with Crippen molar-refractivity contribution in [1.82, 2.24) is 9.80 Å². The van der Waals surface area contributed by atoms with Crippen LogP contribution in [0.1, 0.15) is 37.9 Å². The zero-order chi connectivity index (χ0) is 32.6. The molecule has 1 N–H and O–H groups in total. The van der Waals surface area contributed by atoms with Gasteiger partial charge in [-0.25, -0.2) is 0 Å². The van der Waals surface area contributed by atoms with Gasteiger partial charge in [0.05, 0.1) is 18.1 Å².